The molecular weight excluding hydrogens is 204 g/mol. The lowest BCUT2D eigenvalue weighted by molar-refractivity contribution is 0.349. The summed E-state index contributed by atoms with van der Waals surface area (Å²) in [7, 11) is 4.22. The third-order valence-electron chi connectivity index (χ3n) is 2.48. The zero-order valence-electron chi connectivity index (χ0n) is 10.4. The molecule has 0 amide bonds. The van der Waals surface area contributed by atoms with Gasteiger partial charge in [-0.05, 0) is 46.5 Å². The highest BCUT2D eigenvalue weighted by Gasteiger charge is 2.05. The minimum absolute atomic E-state index is 0.544. The van der Waals surface area contributed by atoms with Gasteiger partial charge in [0.1, 0.15) is 0 Å². The highest BCUT2D eigenvalue weighted by atomic mass is 32.1. The Morgan fingerprint density at radius 3 is 2.53 bits per heavy atom. The Morgan fingerprint density at radius 1 is 1.40 bits per heavy atom. The molecule has 0 saturated heterocycles. The van der Waals surface area contributed by atoms with Crippen LogP contribution in [0.25, 0.3) is 0 Å². The molecule has 2 nitrogen and oxygen atoms in total. The second-order valence-corrected chi connectivity index (χ2v) is 5.84. The van der Waals surface area contributed by atoms with Gasteiger partial charge in [0, 0.05) is 28.9 Å². The first kappa shape index (κ1) is 12.7. The lowest BCUT2D eigenvalue weighted by Crippen LogP contribution is -2.35. The fourth-order valence-corrected chi connectivity index (χ4v) is 2.63. The van der Waals surface area contributed by atoms with Crippen molar-refractivity contribution in [2.75, 3.05) is 20.6 Å². The van der Waals surface area contributed by atoms with Crippen molar-refractivity contribution in [2.45, 2.75) is 33.4 Å². The molecule has 0 aliphatic rings. The Balaban J connectivity index is 2.36. The Bertz CT molecular complexity index is 285. The van der Waals surface area contributed by atoms with Gasteiger partial charge >= 0.3 is 0 Å². The highest BCUT2D eigenvalue weighted by Crippen LogP contribution is 2.20. The molecule has 0 radical (unpaired) electrons. The van der Waals surface area contributed by atoms with Crippen molar-refractivity contribution < 1.29 is 0 Å². The first-order valence-corrected chi connectivity index (χ1v) is 6.24. The monoisotopic (exact) mass is 226 g/mol. The number of nitrogens with zero attached hydrogens (tertiary/aromatic N) is 1. The third-order valence-corrected chi connectivity index (χ3v) is 3.63. The van der Waals surface area contributed by atoms with E-state index in [9.17, 15) is 0 Å². The maximum Gasteiger partial charge on any atom is 0.0302 e. The second-order valence-electron chi connectivity index (χ2n) is 4.50. The van der Waals surface area contributed by atoms with Gasteiger partial charge in [0.15, 0.2) is 0 Å². The molecule has 1 atom stereocenters. The average molecular weight is 226 g/mol. The van der Waals surface area contributed by atoms with Crippen molar-refractivity contribution >= 4 is 11.3 Å². The molecule has 1 unspecified atom stereocenters. The summed E-state index contributed by atoms with van der Waals surface area (Å²) in [6.45, 7) is 8.68. The summed E-state index contributed by atoms with van der Waals surface area (Å²) in [4.78, 5) is 5.09. The van der Waals surface area contributed by atoms with Gasteiger partial charge in [0.2, 0.25) is 0 Å². The minimum Gasteiger partial charge on any atom is -0.308 e. The lowest BCUT2D eigenvalue weighted by atomic mass is 10.2. The molecule has 1 aromatic heterocycles. The maximum atomic E-state index is 3.54. The summed E-state index contributed by atoms with van der Waals surface area (Å²) in [5.41, 5.74) is 1.41. The average Bonchev–Trinajstić information content (AvgIpc) is 2.42. The molecule has 0 fully saturated rings. The van der Waals surface area contributed by atoms with E-state index in [2.05, 4.69) is 51.1 Å². The molecule has 0 aliphatic carbocycles. The summed E-state index contributed by atoms with van der Waals surface area (Å²) in [5, 5.41) is 3.54. The van der Waals surface area contributed by atoms with Gasteiger partial charge in [-0.15, -0.1) is 11.3 Å². The number of nitrogens with one attached hydrogen (secondary N) is 1. The van der Waals surface area contributed by atoms with Gasteiger partial charge in [-0.1, -0.05) is 0 Å². The van der Waals surface area contributed by atoms with Crippen molar-refractivity contribution in [2.24, 2.45) is 0 Å². The van der Waals surface area contributed by atoms with E-state index in [0.717, 1.165) is 13.1 Å². The summed E-state index contributed by atoms with van der Waals surface area (Å²) in [6.07, 6.45) is 0. The Kier molecular flexibility index (Phi) is 4.77. The molecule has 86 valence electrons. The van der Waals surface area contributed by atoms with Gasteiger partial charge in [-0.3, -0.25) is 0 Å². The molecule has 1 aromatic rings. The van der Waals surface area contributed by atoms with E-state index in [-0.39, 0.29) is 0 Å². The number of hydrogen-bond acceptors (Lipinski definition) is 3. The molecule has 3 heteroatoms. The van der Waals surface area contributed by atoms with E-state index in [0.29, 0.717) is 6.04 Å². The molecule has 15 heavy (non-hydrogen) atoms. The van der Waals surface area contributed by atoms with Crippen LogP contribution in [0.4, 0.5) is 0 Å². The minimum atomic E-state index is 0.544. The second kappa shape index (κ2) is 5.64. The van der Waals surface area contributed by atoms with Gasteiger partial charge in [0.25, 0.3) is 0 Å². The fraction of sp³-hybridized carbons (Fsp3) is 0.667. The van der Waals surface area contributed by atoms with Crippen LogP contribution < -0.4 is 5.32 Å². The standard InChI is InChI=1S/C12H22N2S/c1-9-6-12(15-11(9)3)7-13-10(2)8-14(4)5/h6,10,13H,7-8H2,1-5H3. The van der Waals surface area contributed by atoms with Crippen LogP contribution in [-0.2, 0) is 6.54 Å². The number of hydrogen-bond donors (Lipinski definition) is 1. The summed E-state index contributed by atoms with van der Waals surface area (Å²) < 4.78 is 0. The number of likely N-dealkylation sites (N-methyl/N-ethyl adjacent to an activating group) is 1. The summed E-state index contributed by atoms with van der Waals surface area (Å²) in [6, 6.07) is 2.83. The van der Waals surface area contributed by atoms with Crippen LogP contribution >= 0.6 is 11.3 Å². The van der Waals surface area contributed by atoms with Gasteiger partial charge in [-0.2, -0.15) is 0 Å². The molecule has 0 bridgehead atoms. The first-order valence-electron chi connectivity index (χ1n) is 5.43. The first-order chi connectivity index (χ1) is 6.99. The topological polar surface area (TPSA) is 15.3 Å². The molecular formula is C12H22N2S. The predicted molar refractivity (Wildman–Crippen MR) is 68.6 cm³/mol. The zero-order chi connectivity index (χ0) is 11.4. The van der Waals surface area contributed by atoms with Crippen LogP contribution in [0.5, 0.6) is 0 Å². The third kappa shape index (κ3) is 4.33. The lowest BCUT2D eigenvalue weighted by Gasteiger charge is -2.17. The highest BCUT2D eigenvalue weighted by molar-refractivity contribution is 7.12. The Labute approximate surface area is 97.3 Å². The van der Waals surface area contributed by atoms with E-state index in [4.69, 9.17) is 0 Å². The normalized spacial score (nSPS) is 13.5. The molecule has 0 saturated carbocycles. The number of thiophene rings is 1. The smallest absolute Gasteiger partial charge is 0.0302 e. The van der Waals surface area contributed by atoms with Crippen molar-refractivity contribution in [1.29, 1.82) is 0 Å². The van der Waals surface area contributed by atoms with Crippen LogP contribution in [0.1, 0.15) is 22.2 Å². The predicted octanol–water partition coefficient (Wildman–Crippen LogP) is 2.40. The van der Waals surface area contributed by atoms with Crippen LogP contribution in [0.15, 0.2) is 6.07 Å². The SMILES string of the molecule is Cc1cc(CNC(C)CN(C)C)sc1C. The molecule has 0 aliphatic heterocycles. The van der Waals surface area contributed by atoms with Crippen molar-refractivity contribution in [3.05, 3.63) is 21.4 Å². The van der Waals surface area contributed by atoms with Crippen LogP contribution in [0.2, 0.25) is 0 Å². The van der Waals surface area contributed by atoms with Crippen LogP contribution in [0, 0.1) is 13.8 Å². The van der Waals surface area contributed by atoms with Crippen molar-refractivity contribution in [1.82, 2.24) is 10.2 Å². The van der Waals surface area contributed by atoms with Gasteiger partial charge in [0.05, 0.1) is 0 Å². The quantitative estimate of drug-likeness (QED) is 0.829. The van der Waals surface area contributed by atoms with E-state index in [1.807, 2.05) is 11.3 Å². The van der Waals surface area contributed by atoms with Crippen LogP contribution in [0.3, 0.4) is 0 Å². The van der Waals surface area contributed by atoms with E-state index < -0.39 is 0 Å². The molecule has 1 heterocycles. The maximum absolute atomic E-state index is 3.54. The van der Waals surface area contributed by atoms with Gasteiger partial charge < -0.3 is 10.2 Å². The van der Waals surface area contributed by atoms with Crippen LogP contribution in [-0.4, -0.2) is 31.6 Å². The molecule has 0 aromatic carbocycles. The molecule has 0 spiro atoms. The van der Waals surface area contributed by atoms with Gasteiger partial charge in [-0.25, -0.2) is 0 Å². The van der Waals surface area contributed by atoms with E-state index >= 15 is 0 Å². The molecule has 1 rings (SSSR count). The summed E-state index contributed by atoms with van der Waals surface area (Å²) >= 11 is 1.90. The fourth-order valence-electron chi connectivity index (χ4n) is 1.62. The number of aryl methyl sites for hydroxylation is 2. The van der Waals surface area contributed by atoms with E-state index in [1.165, 1.54) is 15.3 Å². The zero-order valence-corrected chi connectivity index (χ0v) is 11.2. The van der Waals surface area contributed by atoms with Crippen molar-refractivity contribution in [3.8, 4) is 0 Å². The van der Waals surface area contributed by atoms with Crippen molar-refractivity contribution in [3.63, 3.8) is 0 Å². The largest absolute Gasteiger partial charge is 0.308 e. The Morgan fingerprint density at radius 2 is 2.07 bits per heavy atom. The molecule has 1 N–H and O–H groups in total. The Hall–Kier alpha value is -0.380. The summed E-state index contributed by atoms with van der Waals surface area (Å²) in [5.74, 6) is 0. The van der Waals surface area contributed by atoms with E-state index in [1.54, 1.807) is 0 Å². The number of rotatable bonds is 5.